The molecule has 0 fully saturated rings. The molecular formula is C18H18N2OS. The molecule has 4 heteroatoms. The third kappa shape index (κ3) is 3.52. The number of aryl methyl sites for hydroxylation is 1. The van der Waals surface area contributed by atoms with E-state index >= 15 is 0 Å². The van der Waals surface area contributed by atoms with Crippen molar-refractivity contribution < 1.29 is 4.79 Å². The number of rotatable bonds is 5. The highest BCUT2D eigenvalue weighted by atomic mass is 32.1. The van der Waals surface area contributed by atoms with Crippen molar-refractivity contribution in [3.05, 3.63) is 65.2 Å². The predicted octanol–water partition coefficient (Wildman–Crippen LogP) is 4.11. The number of hydrogen-bond donors (Lipinski definition) is 1. The van der Waals surface area contributed by atoms with Gasteiger partial charge in [-0.15, -0.1) is 11.3 Å². The summed E-state index contributed by atoms with van der Waals surface area (Å²) in [5, 5.41) is 4.06. The number of thiazole rings is 1. The summed E-state index contributed by atoms with van der Waals surface area (Å²) < 4.78 is 1.18. The highest BCUT2D eigenvalue weighted by Gasteiger charge is 2.10. The van der Waals surface area contributed by atoms with Crippen LogP contribution in [0.15, 0.2) is 54.6 Å². The first-order chi connectivity index (χ1) is 10.7. The van der Waals surface area contributed by atoms with E-state index in [2.05, 4.69) is 16.4 Å². The second-order valence-electron chi connectivity index (χ2n) is 5.28. The van der Waals surface area contributed by atoms with Crippen LogP contribution in [0.2, 0.25) is 0 Å². The summed E-state index contributed by atoms with van der Waals surface area (Å²) in [4.78, 5) is 16.6. The summed E-state index contributed by atoms with van der Waals surface area (Å²) in [5.41, 5.74) is 2.14. The minimum Gasteiger partial charge on any atom is -0.350 e. The molecule has 0 aliphatic heterocycles. The Morgan fingerprint density at radius 2 is 1.86 bits per heavy atom. The van der Waals surface area contributed by atoms with Gasteiger partial charge in [0.2, 0.25) is 5.91 Å². The summed E-state index contributed by atoms with van der Waals surface area (Å²) >= 11 is 1.66. The number of hydrogen-bond acceptors (Lipinski definition) is 3. The Hall–Kier alpha value is -2.20. The van der Waals surface area contributed by atoms with E-state index < -0.39 is 0 Å². The molecule has 22 heavy (non-hydrogen) atoms. The van der Waals surface area contributed by atoms with E-state index in [1.54, 1.807) is 11.3 Å². The average molecular weight is 310 g/mol. The lowest BCUT2D eigenvalue weighted by Crippen LogP contribution is -2.26. The van der Waals surface area contributed by atoms with Crippen molar-refractivity contribution in [3.63, 3.8) is 0 Å². The molecule has 3 aromatic rings. The minimum atomic E-state index is 0.0315. The Labute approximate surface area is 134 Å². The standard InChI is InChI=1S/C18H18N2OS/c1-13(14-7-3-2-4-8-14)19-17(21)11-12-18-20-15-9-5-6-10-16(15)22-18/h2-10,13H,11-12H2,1H3,(H,19,21)/t13-/m1/s1. The van der Waals surface area contributed by atoms with Crippen molar-refractivity contribution in [2.45, 2.75) is 25.8 Å². The van der Waals surface area contributed by atoms with Gasteiger partial charge in [-0.1, -0.05) is 42.5 Å². The lowest BCUT2D eigenvalue weighted by molar-refractivity contribution is -0.121. The van der Waals surface area contributed by atoms with Gasteiger partial charge in [-0.2, -0.15) is 0 Å². The summed E-state index contributed by atoms with van der Waals surface area (Å²) in [5.74, 6) is 0.0654. The largest absolute Gasteiger partial charge is 0.350 e. The molecule has 3 nitrogen and oxygen atoms in total. The van der Waals surface area contributed by atoms with E-state index in [1.807, 2.05) is 55.5 Å². The van der Waals surface area contributed by atoms with Crippen molar-refractivity contribution in [1.82, 2.24) is 10.3 Å². The van der Waals surface area contributed by atoms with E-state index in [4.69, 9.17) is 0 Å². The van der Waals surface area contributed by atoms with Gasteiger partial charge in [-0.25, -0.2) is 4.98 Å². The van der Waals surface area contributed by atoms with Crippen LogP contribution in [0.1, 0.15) is 30.0 Å². The van der Waals surface area contributed by atoms with Gasteiger partial charge >= 0.3 is 0 Å². The highest BCUT2D eigenvalue weighted by molar-refractivity contribution is 7.18. The van der Waals surface area contributed by atoms with Crippen molar-refractivity contribution in [2.75, 3.05) is 0 Å². The molecule has 1 amide bonds. The van der Waals surface area contributed by atoms with Crippen molar-refractivity contribution in [2.24, 2.45) is 0 Å². The van der Waals surface area contributed by atoms with Crippen LogP contribution in [-0.2, 0) is 11.2 Å². The smallest absolute Gasteiger partial charge is 0.220 e. The van der Waals surface area contributed by atoms with Gasteiger partial charge in [-0.05, 0) is 24.6 Å². The minimum absolute atomic E-state index is 0.0315. The van der Waals surface area contributed by atoms with Gasteiger partial charge in [0.15, 0.2) is 0 Å². The number of aromatic nitrogens is 1. The number of carbonyl (C=O) groups is 1. The molecular weight excluding hydrogens is 292 g/mol. The third-order valence-electron chi connectivity index (χ3n) is 3.58. The van der Waals surface area contributed by atoms with E-state index in [-0.39, 0.29) is 11.9 Å². The van der Waals surface area contributed by atoms with Crippen LogP contribution in [0, 0.1) is 0 Å². The fourth-order valence-corrected chi connectivity index (χ4v) is 3.35. The van der Waals surface area contributed by atoms with Crippen LogP contribution < -0.4 is 5.32 Å². The maximum Gasteiger partial charge on any atom is 0.220 e. The zero-order chi connectivity index (χ0) is 15.4. The number of nitrogens with zero attached hydrogens (tertiary/aromatic N) is 1. The van der Waals surface area contributed by atoms with Gasteiger partial charge < -0.3 is 5.32 Å². The molecule has 0 aliphatic carbocycles. The summed E-state index contributed by atoms with van der Waals surface area (Å²) in [6.07, 6.45) is 1.16. The molecule has 112 valence electrons. The number of fused-ring (bicyclic) bond motifs is 1. The Balaban J connectivity index is 1.56. The molecule has 2 aromatic carbocycles. The van der Waals surface area contributed by atoms with Crippen LogP contribution in [0.25, 0.3) is 10.2 Å². The second kappa shape index (κ2) is 6.71. The van der Waals surface area contributed by atoms with Crippen LogP contribution in [0.5, 0.6) is 0 Å². The Morgan fingerprint density at radius 3 is 2.64 bits per heavy atom. The van der Waals surface area contributed by atoms with Crippen LogP contribution in [-0.4, -0.2) is 10.9 Å². The number of benzene rings is 2. The average Bonchev–Trinajstić information content (AvgIpc) is 2.96. The zero-order valence-electron chi connectivity index (χ0n) is 12.5. The first-order valence-corrected chi connectivity index (χ1v) is 8.23. The molecule has 0 saturated heterocycles. The van der Waals surface area contributed by atoms with Crippen molar-refractivity contribution in [3.8, 4) is 0 Å². The monoisotopic (exact) mass is 310 g/mol. The molecule has 0 bridgehead atoms. The van der Waals surface area contributed by atoms with E-state index in [0.717, 1.165) is 16.1 Å². The number of para-hydroxylation sites is 1. The Bertz CT molecular complexity index is 734. The fourth-order valence-electron chi connectivity index (χ4n) is 2.39. The lowest BCUT2D eigenvalue weighted by atomic mass is 10.1. The van der Waals surface area contributed by atoms with E-state index in [1.165, 1.54) is 4.70 Å². The molecule has 1 N–H and O–H groups in total. The Morgan fingerprint density at radius 1 is 1.14 bits per heavy atom. The third-order valence-corrected chi connectivity index (χ3v) is 4.68. The molecule has 1 atom stereocenters. The molecule has 3 rings (SSSR count). The van der Waals surface area contributed by atoms with Gasteiger partial charge in [-0.3, -0.25) is 4.79 Å². The summed E-state index contributed by atoms with van der Waals surface area (Å²) in [7, 11) is 0. The maximum atomic E-state index is 12.1. The normalized spacial score (nSPS) is 12.2. The SMILES string of the molecule is C[C@@H](NC(=O)CCc1nc2ccccc2s1)c1ccccc1. The number of carbonyl (C=O) groups excluding carboxylic acids is 1. The quantitative estimate of drug-likeness (QED) is 0.770. The number of nitrogens with one attached hydrogen (secondary N) is 1. The molecule has 0 unspecified atom stereocenters. The highest BCUT2D eigenvalue weighted by Crippen LogP contribution is 2.22. The first-order valence-electron chi connectivity index (χ1n) is 7.41. The summed E-state index contributed by atoms with van der Waals surface area (Å²) in [6.45, 7) is 2.00. The van der Waals surface area contributed by atoms with Gasteiger partial charge in [0, 0.05) is 12.8 Å². The van der Waals surface area contributed by atoms with Crippen LogP contribution in [0.4, 0.5) is 0 Å². The van der Waals surface area contributed by atoms with Crippen molar-refractivity contribution >= 4 is 27.5 Å². The van der Waals surface area contributed by atoms with Crippen LogP contribution in [0.3, 0.4) is 0 Å². The summed E-state index contributed by atoms with van der Waals surface area (Å²) in [6, 6.07) is 18.1. The second-order valence-corrected chi connectivity index (χ2v) is 6.39. The van der Waals surface area contributed by atoms with E-state index in [0.29, 0.717) is 12.8 Å². The molecule has 0 radical (unpaired) electrons. The fraction of sp³-hybridized carbons (Fsp3) is 0.222. The molecule has 1 heterocycles. The van der Waals surface area contributed by atoms with E-state index in [9.17, 15) is 4.79 Å². The number of amides is 1. The first kappa shape index (κ1) is 14.7. The Kier molecular flexibility index (Phi) is 4.49. The zero-order valence-corrected chi connectivity index (χ0v) is 13.3. The van der Waals surface area contributed by atoms with Gasteiger partial charge in [0.25, 0.3) is 0 Å². The van der Waals surface area contributed by atoms with Crippen LogP contribution >= 0.6 is 11.3 Å². The maximum absolute atomic E-state index is 12.1. The molecule has 0 saturated carbocycles. The predicted molar refractivity (Wildman–Crippen MR) is 90.9 cm³/mol. The molecule has 0 aliphatic rings. The van der Waals surface area contributed by atoms with Gasteiger partial charge in [0.1, 0.15) is 0 Å². The lowest BCUT2D eigenvalue weighted by Gasteiger charge is -2.13. The van der Waals surface area contributed by atoms with Crippen molar-refractivity contribution in [1.29, 1.82) is 0 Å². The topological polar surface area (TPSA) is 42.0 Å². The molecule has 0 spiro atoms. The van der Waals surface area contributed by atoms with Gasteiger partial charge in [0.05, 0.1) is 21.3 Å². The molecule has 1 aromatic heterocycles.